The molecule has 0 atom stereocenters. The zero-order chi connectivity index (χ0) is 13.0. The second-order valence-electron chi connectivity index (χ2n) is 3.99. The third kappa shape index (κ3) is 3.05. The molecule has 0 spiro atoms. The fourth-order valence-corrected chi connectivity index (χ4v) is 1.88. The highest BCUT2D eigenvalue weighted by atomic mass is 79.9. The lowest BCUT2D eigenvalue weighted by Gasteiger charge is -2.16. The number of benzene rings is 1. The molecule has 94 valence electrons. The molecule has 2 N–H and O–H groups in total. The van der Waals surface area contributed by atoms with E-state index in [1.165, 1.54) is 0 Å². The normalized spacial score (nSPS) is 10.4. The van der Waals surface area contributed by atoms with Gasteiger partial charge < -0.3 is 10.6 Å². The quantitative estimate of drug-likeness (QED) is 0.942. The zero-order valence-corrected chi connectivity index (χ0v) is 11.8. The van der Waals surface area contributed by atoms with Gasteiger partial charge in [-0.2, -0.15) is 0 Å². The largest absolute Gasteiger partial charge is 0.357 e. The topological polar surface area (TPSA) is 55.0 Å². The lowest BCUT2D eigenvalue weighted by Crippen LogP contribution is -2.25. The van der Waals surface area contributed by atoms with E-state index in [4.69, 9.17) is 5.73 Å². The van der Waals surface area contributed by atoms with Gasteiger partial charge in [-0.1, -0.05) is 28.1 Å². The maximum Gasteiger partial charge on any atom is 0.151 e. The maximum absolute atomic E-state index is 5.51. The number of halogens is 1. The van der Waals surface area contributed by atoms with Gasteiger partial charge in [-0.25, -0.2) is 0 Å². The number of rotatable bonds is 4. The van der Waals surface area contributed by atoms with Crippen LogP contribution >= 0.6 is 15.9 Å². The minimum absolute atomic E-state index is 0.604. The minimum Gasteiger partial charge on any atom is -0.357 e. The highest BCUT2D eigenvalue weighted by Crippen LogP contribution is 2.20. The van der Waals surface area contributed by atoms with Gasteiger partial charge in [-0.05, 0) is 24.3 Å². The molecular weight excluding hydrogens is 292 g/mol. The number of aromatic nitrogens is 2. The highest BCUT2D eigenvalue weighted by Gasteiger charge is 2.04. The predicted molar refractivity (Wildman–Crippen MR) is 77.5 cm³/mol. The Hall–Kier alpha value is -1.46. The first-order valence-corrected chi connectivity index (χ1v) is 6.51. The second kappa shape index (κ2) is 5.93. The molecule has 5 heteroatoms. The Balaban J connectivity index is 2.19. The second-order valence-corrected chi connectivity index (χ2v) is 4.91. The Kier molecular flexibility index (Phi) is 4.28. The number of nitrogens with zero attached hydrogens (tertiary/aromatic N) is 3. The fraction of sp³-hybridized carbons (Fsp3) is 0.231. The van der Waals surface area contributed by atoms with Crippen LogP contribution < -0.4 is 10.6 Å². The van der Waals surface area contributed by atoms with E-state index >= 15 is 0 Å². The van der Waals surface area contributed by atoms with E-state index in [1.54, 1.807) is 0 Å². The summed E-state index contributed by atoms with van der Waals surface area (Å²) in [6, 6.07) is 11.9. The molecule has 0 radical (unpaired) electrons. The van der Waals surface area contributed by atoms with E-state index < -0.39 is 0 Å². The van der Waals surface area contributed by atoms with Crippen molar-refractivity contribution >= 4 is 21.7 Å². The van der Waals surface area contributed by atoms with Crippen molar-refractivity contribution in [2.45, 2.75) is 0 Å². The standard InChI is InChI=1S/C13H15BrN4/c1-18(9-8-15)13-7-6-12(16-17-13)10-2-4-11(14)5-3-10/h2-7H,8-9,15H2,1H3. The van der Waals surface area contributed by atoms with Crippen molar-refractivity contribution in [2.24, 2.45) is 5.73 Å². The van der Waals surface area contributed by atoms with Crippen LogP contribution in [-0.4, -0.2) is 30.3 Å². The van der Waals surface area contributed by atoms with Gasteiger partial charge in [0.05, 0.1) is 5.69 Å². The molecule has 1 heterocycles. The van der Waals surface area contributed by atoms with Gasteiger partial charge in [-0.15, -0.1) is 10.2 Å². The zero-order valence-electron chi connectivity index (χ0n) is 10.2. The van der Waals surface area contributed by atoms with Crippen molar-refractivity contribution < 1.29 is 0 Å². The first kappa shape index (κ1) is 13.0. The molecule has 1 aromatic heterocycles. The van der Waals surface area contributed by atoms with Gasteiger partial charge in [0, 0.05) is 30.2 Å². The lowest BCUT2D eigenvalue weighted by molar-refractivity contribution is 0.848. The molecule has 2 rings (SSSR count). The number of anilines is 1. The van der Waals surface area contributed by atoms with Gasteiger partial charge >= 0.3 is 0 Å². The Labute approximate surface area is 115 Å². The molecule has 0 fully saturated rings. The van der Waals surface area contributed by atoms with Crippen molar-refractivity contribution in [1.29, 1.82) is 0 Å². The van der Waals surface area contributed by atoms with Crippen molar-refractivity contribution in [3.8, 4) is 11.3 Å². The number of hydrogen-bond acceptors (Lipinski definition) is 4. The van der Waals surface area contributed by atoms with Crippen LogP contribution in [-0.2, 0) is 0 Å². The third-order valence-corrected chi connectivity index (χ3v) is 3.17. The van der Waals surface area contributed by atoms with Gasteiger partial charge in [0.25, 0.3) is 0 Å². The summed E-state index contributed by atoms with van der Waals surface area (Å²) in [5.74, 6) is 0.835. The molecule has 0 saturated carbocycles. The summed E-state index contributed by atoms with van der Waals surface area (Å²) in [5, 5.41) is 8.44. The molecule has 0 aliphatic heterocycles. The van der Waals surface area contributed by atoms with Crippen LogP contribution in [0.5, 0.6) is 0 Å². The van der Waals surface area contributed by atoms with Crippen LogP contribution in [0.2, 0.25) is 0 Å². The van der Waals surface area contributed by atoms with Crippen molar-refractivity contribution in [2.75, 3.05) is 25.0 Å². The van der Waals surface area contributed by atoms with E-state index in [2.05, 4.69) is 26.1 Å². The summed E-state index contributed by atoms with van der Waals surface area (Å²) in [6.45, 7) is 1.37. The van der Waals surface area contributed by atoms with E-state index in [0.717, 1.165) is 28.1 Å². The SMILES string of the molecule is CN(CCN)c1ccc(-c2ccc(Br)cc2)nn1. The molecule has 0 aliphatic carbocycles. The minimum atomic E-state index is 0.604. The Bertz CT molecular complexity index is 495. The number of hydrogen-bond donors (Lipinski definition) is 1. The smallest absolute Gasteiger partial charge is 0.151 e. The molecule has 0 bridgehead atoms. The Morgan fingerprint density at radius 3 is 2.39 bits per heavy atom. The van der Waals surface area contributed by atoms with Crippen molar-refractivity contribution in [1.82, 2.24) is 10.2 Å². The first-order chi connectivity index (χ1) is 8.70. The summed E-state index contributed by atoms with van der Waals surface area (Å²) in [5.41, 5.74) is 7.43. The molecule has 2 aromatic rings. The molecule has 0 aliphatic rings. The molecule has 18 heavy (non-hydrogen) atoms. The van der Waals surface area contributed by atoms with Crippen LogP contribution in [0.25, 0.3) is 11.3 Å². The van der Waals surface area contributed by atoms with Crippen LogP contribution in [0, 0.1) is 0 Å². The summed E-state index contributed by atoms with van der Waals surface area (Å²) in [4.78, 5) is 1.98. The Morgan fingerprint density at radius 1 is 1.11 bits per heavy atom. The van der Waals surface area contributed by atoms with Crippen molar-refractivity contribution in [3.63, 3.8) is 0 Å². The van der Waals surface area contributed by atoms with Gasteiger partial charge in [0.1, 0.15) is 0 Å². The summed E-state index contributed by atoms with van der Waals surface area (Å²) in [7, 11) is 1.95. The van der Waals surface area contributed by atoms with Crippen LogP contribution in [0.1, 0.15) is 0 Å². The average molecular weight is 307 g/mol. The molecule has 1 aromatic carbocycles. The molecule has 0 unspecified atom stereocenters. The van der Waals surface area contributed by atoms with Gasteiger partial charge in [0.15, 0.2) is 5.82 Å². The molecular formula is C13H15BrN4. The van der Waals surface area contributed by atoms with E-state index in [-0.39, 0.29) is 0 Å². The van der Waals surface area contributed by atoms with Crippen LogP contribution in [0.4, 0.5) is 5.82 Å². The highest BCUT2D eigenvalue weighted by molar-refractivity contribution is 9.10. The molecule has 0 saturated heterocycles. The average Bonchev–Trinajstić information content (AvgIpc) is 2.40. The number of nitrogens with two attached hydrogens (primary N) is 1. The summed E-state index contributed by atoms with van der Waals surface area (Å²) in [6.07, 6.45) is 0. The van der Waals surface area contributed by atoms with Crippen LogP contribution in [0.3, 0.4) is 0 Å². The molecule has 0 amide bonds. The summed E-state index contributed by atoms with van der Waals surface area (Å²) >= 11 is 3.41. The van der Waals surface area contributed by atoms with E-state index in [9.17, 15) is 0 Å². The maximum atomic E-state index is 5.51. The summed E-state index contributed by atoms with van der Waals surface area (Å²) < 4.78 is 1.05. The molecule has 4 nitrogen and oxygen atoms in total. The fourth-order valence-electron chi connectivity index (χ4n) is 1.61. The first-order valence-electron chi connectivity index (χ1n) is 5.71. The predicted octanol–water partition coefficient (Wildman–Crippen LogP) is 2.30. The Morgan fingerprint density at radius 2 is 1.83 bits per heavy atom. The van der Waals surface area contributed by atoms with Crippen LogP contribution in [0.15, 0.2) is 40.9 Å². The van der Waals surface area contributed by atoms with Gasteiger partial charge in [0.2, 0.25) is 0 Å². The monoisotopic (exact) mass is 306 g/mol. The number of likely N-dealkylation sites (N-methyl/N-ethyl adjacent to an activating group) is 1. The van der Waals surface area contributed by atoms with E-state index in [1.807, 2.05) is 48.3 Å². The van der Waals surface area contributed by atoms with E-state index in [0.29, 0.717) is 6.54 Å². The van der Waals surface area contributed by atoms with Crippen molar-refractivity contribution in [3.05, 3.63) is 40.9 Å². The lowest BCUT2D eigenvalue weighted by atomic mass is 10.1. The third-order valence-electron chi connectivity index (χ3n) is 2.65. The van der Waals surface area contributed by atoms with Gasteiger partial charge in [-0.3, -0.25) is 0 Å².